The molecule has 0 amide bonds. The first-order valence-electron chi connectivity index (χ1n) is 10.3. The molecule has 0 radical (unpaired) electrons. The Kier molecular flexibility index (Phi) is 6.34. The molecule has 0 saturated carbocycles. The van der Waals surface area contributed by atoms with E-state index in [4.69, 9.17) is 9.72 Å². The Morgan fingerprint density at radius 3 is 2.65 bits per heavy atom. The fourth-order valence-corrected chi connectivity index (χ4v) is 5.50. The van der Waals surface area contributed by atoms with Crippen LogP contribution in [0.5, 0.6) is 5.75 Å². The van der Waals surface area contributed by atoms with Crippen molar-refractivity contribution >= 4 is 48.6 Å². The smallest absolute Gasteiger partial charge is 0.266 e. The maximum Gasteiger partial charge on any atom is 0.266 e. The van der Waals surface area contributed by atoms with E-state index < -0.39 is 10.0 Å². The summed E-state index contributed by atoms with van der Waals surface area (Å²) in [6, 6.07) is 12.4. The zero-order chi connectivity index (χ0) is 22.0. The summed E-state index contributed by atoms with van der Waals surface area (Å²) in [5.74, 6) is 1.58. The molecule has 9 heteroatoms. The largest absolute Gasteiger partial charge is 0.492 e. The van der Waals surface area contributed by atoms with Crippen molar-refractivity contribution in [2.24, 2.45) is 5.92 Å². The van der Waals surface area contributed by atoms with Crippen molar-refractivity contribution in [3.05, 3.63) is 46.9 Å². The van der Waals surface area contributed by atoms with Crippen LogP contribution in [0.3, 0.4) is 0 Å². The number of aromatic nitrogens is 2. The van der Waals surface area contributed by atoms with Gasteiger partial charge in [0.15, 0.2) is 11.6 Å². The maximum atomic E-state index is 13.4. The highest BCUT2D eigenvalue weighted by Gasteiger charge is 2.27. The van der Waals surface area contributed by atoms with Crippen LogP contribution in [0.25, 0.3) is 11.0 Å². The second kappa shape index (κ2) is 9.00. The van der Waals surface area contributed by atoms with E-state index >= 15 is 0 Å². The number of nitrogens with one attached hydrogen (secondary N) is 1. The second-order valence-electron chi connectivity index (χ2n) is 7.71. The minimum atomic E-state index is -3.97. The summed E-state index contributed by atoms with van der Waals surface area (Å²) in [6.07, 6.45) is 2.18. The average molecular weight is 505 g/mol. The summed E-state index contributed by atoms with van der Waals surface area (Å²) in [7, 11) is -3.97. The Morgan fingerprint density at radius 2 is 1.94 bits per heavy atom. The number of sulfonamides is 1. The number of halogens is 1. The number of fused-ring (bicyclic) bond motifs is 1. The third kappa shape index (κ3) is 4.77. The minimum Gasteiger partial charge on any atom is -0.492 e. The molecule has 1 aromatic heterocycles. The molecule has 164 valence electrons. The first-order chi connectivity index (χ1) is 14.9. The molecule has 0 unspecified atom stereocenters. The van der Waals surface area contributed by atoms with E-state index in [0.717, 1.165) is 31.4 Å². The van der Waals surface area contributed by atoms with E-state index in [0.29, 0.717) is 34.1 Å². The Labute approximate surface area is 191 Å². The topological polar surface area (TPSA) is 84.4 Å². The number of hydrogen-bond donors (Lipinski definition) is 1. The fraction of sp³-hybridized carbons (Fsp3) is 0.364. The fourth-order valence-electron chi connectivity index (χ4n) is 3.81. The molecular weight excluding hydrogens is 480 g/mol. The monoisotopic (exact) mass is 504 g/mol. The lowest BCUT2D eigenvalue weighted by Crippen LogP contribution is -2.35. The number of para-hydroxylation sites is 2. The molecule has 1 aliphatic heterocycles. The lowest BCUT2D eigenvalue weighted by atomic mass is 10.0. The first-order valence-corrected chi connectivity index (χ1v) is 12.6. The predicted octanol–water partition coefficient (Wildman–Crippen LogP) is 4.83. The molecular formula is C22H25BrN4O3S. The van der Waals surface area contributed by atoms with Crippen LogP contribution in [0.15, 0.2) is 51.8 Å². The van der Waals surface area contributed by atoms with Gasteiger partial charge in [-0.25, -0.2) is 18.4 Å². The van der Waals surface area contributed by atoms with Crippen LogP contribution in [0.2, 0.25) is 0 Å². The number of rotatable bonds is 6. The quantitative estimate of drug-likeness (QED) is 0.517. The third-order valence-corrected chi connectivity index (χ3v) is 7.09. The Balaban J connectivity index is 1.80. The van der Waals surface area contributed by atoms with E-state index in [9.17, 15) is 8.42 Å². The van der Waals surface area contributed by atoms with E-state index in [2.05, 4.69) is 37.5 Å². The number of ether oxygens (including phenoxy) is 1. The van der Waals surface area contributed by atoms with Gasteiger partial charge >= 0.3 is 0 Å². The highest BCUT2D eigenvalue weighted by molar-refractivity contribution is 9.10. The van der Waals surface area contributed by atoms with Gasteiger partial charge in [0.1, 0.15) is 10.6 Å². The minimum absolute atomic E-state index is 0.0524. The van der Waals surface area contributed by atoms with Crippen LogP contribution in [0.4, 0.5) is 11.6 Å². The van der Waals surface area contributed by atoms with Crippen LogP contribution in [0.1, 0.15) is 26.7 Å². The van der Waals surface area contributed by atoms with Crippen molar-refractivity contribution in [1.29, 1.82) is 0 Å². The van der Waals surface area contributed by atoms with Crippen LogP contribution >= 0.6 is 15.9 Å². The van der Waals surface area contributed by atoms with Crippen molar-refractivity contribution in [3.8, 4) is 5.75 Å². The van der Waals surface area contributed by atoms with Gasteiger partial charge in [-0.2, -0.15) is 0 Å². The molecule has 0 aliphatic carbocycles. The van der Waals surface area contributed by atoms with Crippen LogP contribution in [-0.2, 0) is 10.0 Å². The summed E-state index contributed by atoms with van der Waals surface area (Å²) in [5.41, 5.74) is 1.37. The van der Waals surface area contributed by atoms with E-state index in [1.54, 1.807) is 12.1 Å². The van der Waals surface area contributed by atoms with Gasteiger partial charge in [-0.1, -0.05) is 35.0 Å². The average Bonchev–Trinajstić information content (AvgIpc) is 2.74. The molecule has 1 fully saturated rings. The Bertz CT molecular complexity index is 1200. The highest BCUT2D eigenvalue weighted by Crippen LogP contribution is 2.33. The summed E-state index contributed by atoms with van der Waals surface area (Å²) in [6.45, 7) is 5.99. The van der Waals surface area contributed by atoms with Gasteiger partial charge in [-0.05, 0) is 56.0 Å². The molecule has 3 aromatic rings. The number of hydrogen-bond acceptors (Lipinski definition) is 6. The maximum absolute atomic E-state index is 13.4. The number of nitrogens with zero attached hydrogens (tertiary/aromatic N) is 3. The molecule has 4 rings (SSSR count). The van der Waals surface area contributed by atoms with Gasteiger partial charge in [0.2, 0.25) is 0 Å². The molecule has 2 heterocycles. The zero-order valence-electron chi connectivity index (χ0n) is 17.5. The first kappa shape index (κ1) is 21.8. The lowest BCUT2D eigenvalue weighted by Gasteiger charge is -2.32. The van der Waals surface area contributed by atoms with Gasteiger partial charge < -0.3 is 9.64 Å². The molecule has 2 aromatic carbocycles. The summed E-state index contributed by atoms with van der Waals surface area (Å²) >= 11 is 3.36. The Morgan fingerprint density at radius 1 is 1.19 bits per heavy atom. The number of piperidine rings is 1. The van der Waals surface area contributed by atoms with Crippen molar-refractivity contribution in [1.82, 2.24) is 9.97 Å². The summed E-state index contributed by atoms with van der Waals surface area (Å²) in [5, 5.41) is 0. The van der Waals surface area contributed by atoms with Gasteiger partial charge in [0.05, 0.1) is 17.6 Å². The molecule has 0 spiro atoms. The van der Waals surface area contributed by atoms with Gasteiger partial charge in [-0.15, -0.1) is 0 Å². The normalized spacial score (nSPS) is 17.0. The van der Waals surface area contributed by atoms with Crippen LogP contribution in [-0.4, -0.2) is 38.1 Å². The molecule has 31 heavy (non-hydrogen) atoms. The van der Waals surface area contributed by atoms with Crippen molar-refractivity contribution < 1.29 is 13.2 Å². The van der Waals surface area contributed by atoms with Crippen LogP contribution < -0.4 is 14.4 Å². The third-order valence-electron chi connectivity index (χ3n) is 5.23. The van der Waals surface area contributed by atoms with Gasteiger partial charge in [0.25, 0.3) is 10.0 Å². The molecule has 7 nitrogen and oxygen atoms in total. The van der Waals surface area contributed by atoms with Crippen molar-refractivity contribution in [2.75, 3.05) is 29.3 Å². The molecule has 0 bridgehead atoms. The van der Waals surface area contributed by atoms with E-state index in [1.165, 1.54) is 6.07 Å². The lowest BCUT2D eigenvalue weighted by molar-refractivity contribution is 0.331. The number of benzene rings is 2. The van der Waals surface area contributed by atoms with Gasteiger partial charge in [0, 0.05) is 17.6 Å². The van der Waals surface area contributed by atoms with Crippen molar-refractivity contribution in [2.45, 2.75) is 31.6 Å². The predicted molar refractivity (Wildman–Crippen MR) is 126 cm³/mol. The van der Waals surface area contributed by atoms with Gasteiger partial charge in [-0.3, -0.25) is 4.72 Å². The van der Waals surface area contributed by atoms with Crippen LogP contribution in [0, 0.1) is 5.92 Å². The zero-order valence-corrected chi connectivity index (χ0v) is 19.9. The van der Waals surface area contributed by atoms with Crippen molar-refractivity contribution in [3.63, 3.8) is 0 Å². The molecule has 1 atom stereocenters. The van der Waals surface area contributed by atoms with E-state index in [-0.39, 0.29) is 10.7 Å². The Hall–Kier alpha value is -2.39. The second-order valence-corrected chi connectivity index (χ2v) is 10.3. The summed E-state index contributed by atoms with van der Waals surface area (Å²) in [4.78, 5) is 11.6. The molecule has 1 saturated heterocycles. The number of anilines is 2. The van der Waals surface area contributed by atoms with E-state index in [1.807, 2.05) is 31.2 Å². The SMILES string of the molecule is CCOc1ccc(Br)cc1S(=O)(=O)Nc1nc2ccccc2nc1N1CCC[C@H](C)C1. The summed E-state index contributed by atoms with van der Waals surface area (Å²) < 4.78 is 35.7. The highest BCUT2D eigenvalue weighted by atomic mass is 79.9. The molecule has 1 N–H and O–H groups in total. The standard InChI is InChI=1S/C22H25BrN4O3S/c1-3-30-19-11-10-16(23)13-20(19)31(28,29)26-21-22(27-12-6-7-15(2)14-27)25-18-9-5-4-8-17(18)24-21/h4-5,8-11,13,15H,3,6-7,12,14H2,1-2H3,(H,24,26)/t15-/m0/s1. The molecule has 1 aliphatic rings.